The van der Waals surface area contributed by atoms with E-state index in [4.69, 9.17) is 9.47 Å². The molecular formula is C12H16O4. The Hall–Kier alpha value is -1.71. The highest BCUT2D eigenvalue weighted by molar-refractivity contribution is 5.74. The molecule has 1 aromatic carbocycles. The van der Waals surface area contributed by atoms with Crippen LogP contribution in [0, 0.1) is 0 Å². The van der Waals surface area contributed by atoms with E-state index in [2.05, 4.69) is 4.74 Å². The Morgan fingerprint density at radius 3 is 2.62 bits per heavy atom. The Kier molecular flexibility index (Phi) is 4.64. The van der Waals surface area contributed by atoms with Crippen molar-refractivity contribution in [3.8, 4) is 11.5 Å². The minimum absolute atomic E-state index is 0.181. The van der Waals surface area contributed by atoms with Gasteiger partial charge in [0, 0.05) is 5.56 Å². The number of carbonyl (C=O) groups is 1. The third-order valence-electron chi connectivity index (χ3n) is 2.13. The number of para-hydroxylation sites is 1. The predicted octanol–water partition coefficient (Wildman–Crippen LogP) is 1.81. The summed E-state index contributed by atoms with van der Waals surface area (Å²) in [5.74, 6) is 0.938. The molecule has 1 rings (SSSR count). The van der Waals surface area contributed by atoms with Gasteiger partial charge in [0.25, 0.3) is 0 Å². The van der Waals surface area contributed by atoms with Gasteiger partial charge in [-0.15, -0.1) is 0 Å². The molecule has 0 unspecified atom stereocenters. The van der Waals surface area contributed by atoms with E-state index in [1.165, 1.54) is 7.11 Å². The van der Waals surface area contributed by atoms with Gasteiger partial charge >= 0.3 is 5.97 Å². The molecular weight excluding hydrogens is 208 g/mol. The molecule has 0 N–H and O–H groups in total. The molecule has 0 atom stereocenters. The van der Waals surface area contributed by atoms with Crippen molar-refractivity contribution in [2.24, 2.45) is 0 Å². The molecule has 1 aromatic rings. The van der Waals surface area contributed by atoms with Crippen molar-refractivity contribution in [2.75, 3.05) is 20.8 Å². The summed E-state index contributed by atoms with van der Waals surface area (Å²) in [6.07, 6.45) is 0.181. The Morgan fingerprint density at radius 2 is 2.06 bits per heavy atom. The number of hydrogen-bond donors (Lipinski definition) is 0. The maximum atomic E-state index is 11.2. The number of esters is 1. The summed E-state index contributed by atoms with van der Waals surface area (Å²) in [6, 6.07) is 5.45. The largest absolute Gasteiger partial charge is 0.493 e. The van der Waals surface area contributed by atoms with Crippen molar-refractivity contribution < 1.29 is 19.0 Å². The fourth-order valence-electron chi connectivity index (χ4n) is 1.43. The van der Waals surface area contributed by atoms with Crippen LogP contribution in [-0.2, 0) is 16.0 Å². The first-order valence-corrected chi connectivity index (χ1v) is 5.08. The van der Waals surface area contributed by atoms with Crippen LogP contribution in [0.4, 0.5) is 0 Å². The second-order valence-corrected chi connectivity index (χ2v) is 3.13. The lowest BCUT2D eigenvalue weighted by Gasteiger charge is -2.12. The molecule has 16 heavy (non-hydrogen) atoms. The average molecular weight is 224 g/mol. The standard InChI is InChI=1S/C12H16O4/c1-4-16-10-7-5-6-9(12(10)15-3)8-11(13)14-2/h5-7H,4,8H2,1-3H3. The summed E-state index contributed by atoms with van der Waals surface area (Å²) in [5.41, 5.74) is 0.764. The molecule has 0 radical (unpaired) electrons. The third-order valence-corrected chi connectivity index (χ3v) is 2.13. The van der Waals surface area contributed by atoms with Crippen molar-refractivity contribution in [3.63, 3.8) is 0 Å². The van der Waals surface area contributed by atoms with Gasteiger partial charge in [-0.2, -0.15) is 0 Å². The Bertz CT molecular complexity index is 360. The van der Waals surface area contributed by atoms with Crippen LogP contribution in [0.15, 0.2) is 18.2 Å². The van der Waals surface area contributed by atoms with E-state index in [0.717, 1.165) is 5.56 Å². The molecule has 4 heteroatoms. The molecule has 0 aliphatic carbocycles. The van der Waals surface area contributed by atoms with Crippen LogP contribution in [0.3, 0.4) is 0 Å². The molecule has 88 valence electrons. The average Bonchev–Trinajstić information content (AvgIpc) is 2.29. The van der Waals surface area contributed by atoms with Crippen LogP contribution in [0.1, 0.15) is 12.5 Å². The van der Waals surface area contributed by atoms with Crippen LogP contribution in [0.5, 0.6) is 11.5 Å². The number of rotatable bonds is 5. The van der Waals surface area contributed by atoms with E-state index in [1.54, 1.807) is 7.11 Å². The van der Waals surface area contributed by atoms with Crippen molar-refractivity contribution in [2.45, 2.75) is 13.3 Å². The molecule has 0 bridgehead atoms. The van der Waals surface area contributed by atoms with Crippen molar-refractivity contribution in [3.05, 3.63) is 23.8 Å². The van der Waals surface area contributed by atoms with Crippen molar-refractivity contribution in [1.82, 2.24) is 0 Å². The summed E-state index contributed by atoms with van der Waals surface area (Å²) >= 11 is 0. The minimum atomic E-state index is -0.299. The zero-order valence-corrected chi connectivity index (χ0v) is 9.78. The van der Waals surface area contributed by atoms with Gasteiger partial charge in [-0.1, -0.05) is 12.1 Å². The highest BCUT2D eigenvalue weighted by Crippen LogP contribution is 2.31. The monoisotopic (exact) mass is 224 g/mol. The minimum Gasteiger partial charge on any atom is -0.493 e. The van der Waals surface area contributed by atoms with Gasteiger partial charge in [-0.3, -0.25) is 4.79 Å². The molecule has 0 fully saturated rings. The third kappa shape index (κ3) is 2.89. The summed E-state index contributed by atoms with van der Waals surface area (Å²) in [4.78, 5) is 11.2. The normalized spacial score (nSPS) is 9.69. The van der Waals surface area contributed by atoms with Crippen LogP contribution < -0.4 is 9.47 Å². The summed E-state index contributed by atoms with van der Waals surface area (Å²) in [7, 11) is 2.92. The molecule has 0 saturated carbocycles. The van der Waals surface area contributed by atoms with Crippen molar-refractivity contribution in [1.29, 1.82) is 0 Å². The number of ether oxygens (including phenoxy) is 3. The molecule has 0 spiro atoms. The number of methoxy groups -OCH3 is 2. The van der Waals surface area contributed by atoms with Crippen LogP contribution >= 0.6 is 0 Å². The van der Waals surface area contributed by atoms with Gasteiger partial charge in [0.1, 0.15) is 0 Å². The first kappa shape index (κ1) is 12.4. The smallest absolute Gasteiger partial charge is 0.310 e. The van der Waals surface area contributed by atoms with Crippen LogP contribution in [-0.4, -0.2) is 26.8 Å². The molecule has 0 aliphatic rings. The van der Waals surface area contributed by atoms with Crippen LogP contribution in [0.2, 0.25) is 0 Å². The van der Waals surface area contributed by atoms with E-state index in [9.17, 15) is 4.79 Å². The molecule has 0 amide bonds. The number of benzene rings is 1. The number of hydrogen-bond acceptors (Lipinski definition) is 4. The lowest BCUT2D eigenvalue weighted by molar-refractivity contribution is -0.139. The van der Waals surface area contributed by atoms with Gasteiger partial charge in [-0.05, 0) is 13.0 Å². The second-order valence-electron chi connectivity index (χ2n) is 3.13. The molecule has 0 aromatic heterocycles. The summed E-state index contributed by atoms with van der Waals surface area (Å²) in [5, 5.41) is 0. The Balaban J connectivity index is 2.98. The lowest BCUT2D eigenvalue weighted by atomic mass is 10.1. The maximum absolute atomic E-state index is 11.2. The Morgan fingerprint density at radius 1 is 1.31 bits per heavy atom. The van der Waals surface area contributed by atoms with Gasteiger partial charge in [0.15, 0.2) is 11.5 Å². The van der Waals surface area contributed by atoms with E-state index in [1.807, 2.05) is 25.1 Å². The quantitative estimate of drug-likeness (QED) is 0.715. The van der Waals surface area contributed by atoms with Crippen LogP contribution in [0.25, 0.3) is 0 Å². The molecule has 0 heterocycles. The van der Waals surface area contributed by atoms with Gasteiger partial charge < -0.3 is 14.2 Å². The lowest BCUT2D eigenvalue weighted by Crippen LogP contribution is -2.07. The predicted molar refractivity (Wildman–Crippen MR) is 59.9 cm³/mol. The fraction of sp³-hybridized carbons (Fsp3) is 0.417. The van der Waals surface area contributed by atoms with E-state index in [0.29, 0.717) is 18.1 Å². The van der Waals surface area contributed by atoms with Crippen molar-refractivity contribution >= 4 is 5.97 Å². The molecule has 0 saturated heterocycles. The van der Waals surface area contributed by atoms with Gasteiger partial charge in [-0.25, -0.2) is 0 Å². The van der Waals surface area contributed by atoms with E-state index in [-0.39, 0.29) is 12.4 Å². The maximum Gasteiger partial charge on any atom is 0.310 e. The fourth-order valence-corrected chi connectivity index (χ4v) is 1.43. The Labute approximate surface area is 95.1 Å². The SMILES string of the molecule is CCOc1cccc(CC(=O)OC)c1OC. The number of carbonyl (C=O) groups excluding carboxylic acids is 1. The summed E-state index contributed by atoms with van der Waals surface area (Å²) in [6.45, 7) is 2.45. The first-order valence-electron chi connectivity index (χ1n) is 5.08. The van der Waals surface area contributed by atoms with Gasteiger partial charge in [0.2, 0.25) is 0 Å². The summed E-state index contributed by atoms with van der Waals surface area (Å²) < 4.78 is 15.3. The molecule has 0 aliphatic heterocycles. The second kappa shape index (κ2) is 6.00. The van der Waals surface area contributed by atoms with Gasteiger partial charge in [0.05, 0.1) is 27.2 Å². The zero-order valence-electron chi connectivity index (χ0n) is 9.78. The highest BCUT2D eigenvalue weighted by Gasteiger charge is 2.13. The zero-order chi connectivity index (χ0) is 12.0. The highest BCUT2D eigenvalue weighted by atomic mass is 16.5. The first-order chi connectivity index (χ1) is 7.72. The van der Waals surface area contributed by atoms with E-state index >= 15 is 0 Å². The molecule has 4 nitrogen and oxygen atoms in total. The van der Waals surface area contributed by atoms with E-state index < -0.39 is 0 Å². The topological polar surface area (TPSA) is 44.8 Å².